The topological polar surface area (TPSA) is 112 Å². The first-order valence-corrected chi connectivity index (χ1v) is 9.33. The summed E-state index contributed by atoms with van der Waals surface area (Å²) in [5.74, 6) is -1.03. The van der Waals surface area contributed by atoms with Crippen LogP contribution in [0.25, 0.3) is 11.1 Å². The molecule has 4 rings (SSSR count). The van der Waals surface area contributed by atoms with E-state index in [0.717, 1.165) is 11.4 Å². The predicted octanol–water partition coefficient (Wildman–Crippen LogP) is 1.50. The van der Waals surface area contributed by atoms with Gasteiger partial charge in [0, 0.05) is 43.6 Å². The molecule has 0 bridgehead atoms. The Balaban J connectivity index is 1.40. The number of benzene rings is 1. The van der Waals surface area contributed by atoms with Gasteiger partial charge in [-0.05, 0) is 37.6 Å². The van der Waals surface area contributed by atoms with Crippen molar-refractivity contribution in [2.24, 2.45) is 0 Å². The smallest absolute Gasteiger partial charge is 0.408 e. The van der Waals surface area contributed by atoms with Crippen LogP contribution in [0.1, 0.15) is 12.5 Å². The fourth-order valence-electron chi connectivity index (χ4n) is 3.46. The Morgan fingerprint density at radius 1 is 1.24 bits per heavy atom. The van der Waals surface area contributed by atoms with Crippen LogP contribution in [0, 0.1) is 6.92 Å². The fourth-order valence-corrected chi connectivity index (χ4v) is 3.46. The van der Waals surface area contributed by atoms with E-state index < -0.39 is 17.6 Å². The standard InChI is InChI=1S/C20H21N5O4/c1-12-3-6-17(21-10-12)25-8-7-24(11-13(25)2)19(27)18(26)22-14-4-5-15-16(9-14)29-20(28)23-15/h3-6,9-10,13H,7-8,11H2,1-2H3,(H,22,26)(H,23,28). The molecular weight excluding hydrogens is 374 g/mol. The van der Waals surface area contributed by atoms with Crippen molar-refractivity contribution < 1.29 is 14.0 Å². The molecule has 2 N–H and O–H groups in total. The summed E-state index contributed by atoms with van der Waals surface area (Å²) >= 11 is 0. The number of oxazole rings is 1. The molecule has 9 heteroatoms. The van der Waals surface area contributed by atoms with Gasteiger partial charge in [0.1, 0.15) is 5.82 Å². The van der Waals surface area contributed by atoms with Gasteiger partial charge in [-0.2, -0.15) is 0 Å². The van der Waals surface area contributed by atoms with Crippen LogP contribution in [0.2, 0.25) is 0 Å². The van der Waals surface area contributed by atoms with E-state index in [2.05, 4.69) is 20.2 Å². The van der Waals surface area contributed by atoms with E-state index in [1.807, 2.05) is 32.2 Å². The molecule has 1 fully saturated rings. The quantitative estimate of drug-likeness (QED) is 0.636. The molecule has 9 nitrogen and oxygen atoms in total. The summed E-state index contributed by atoms with van der Waals surface area (Å²) in [5, 5.41) is 2.57. The van der Waals surface area contributed by atoms with Crippen LogP contribution in [-0.2, 0) is 9.59 Å². The molecule has 1 saturated heterocycles. The summed E-state index contributed by atoms with van der Waals surface area (Å²) in [5.41, 5.74) is 2.31. The maximum Gasteiger partial charge on any atom is 0.417 e. The van der Waals surface area contributed by atoms with Crippen LogP contribution in [-0.4, -0.2) is 52.4 Å². The highest BCUT2D eigenvalue weighted by molar-refractivity contribution is 6.39. The first-order valence-electron chi connectivity index (χ1n) is 9.33. The number of carbonyl (C=O) groups is 2. The molecule has 0 aliphatic carbocycles. The average Bonchev–Trinajstić information content (AvgIpc) is 3.07. The van der Waals surface area contributed by atoms with Crippen molar-refractivity contribution in [3.63, 3.8) is 0 Å². The summed E-state index contributed by atoms with van der Waals surface area (Å²) < 4.78 is 4.97. The molecule has 150 valence electrons. The molecule has 1 unspecified atom stereocenters. The number of H-pyrrole nitrogens is 1. The van der Waals surface area contributed by atoms with Crippen molar-refractivity contribution in [2.45, 2.75) is 19.9 Å². The minimum atomic E-state index is -0.726. The molecule has 3 aromatic rings. The number of pyridine rings is 1. The Labute approximate surface area is 166 Å². The molecule has 2 aromatic heterocycles. The molecule has 2 amide bonds. The molecule has 0 radical (unpaired) electrons. The lowest BCUT2D eigenvalue weighted by Crippen LogP contribution is -2.56. The number of aromatic amines is 1. The van der Waals surface area contributed by atoms with E-state index in [1.54, 1.807) is 17.0 Å². The summed E-state index contributed by atoms with van der Waals surface area (Å²) in [4.78, 5) is 46.9. The van der Waals surface area contributed by atoms with Crippen LogP contribution in [0.3, 0.4) is 0 Å². The fraction of sp³-hybridized carbons (Fsp3) is 0.300. The molecule has 3 heterocycles. The van der Waals surface area contributed by atoms with Gasteiger partial charge in [-0.25, -0.2) is 9.78 Å². The molecule has 29 heavy (non-hydrogen) atoms. The number of anilines is 2. The first kappa shape index (κ1) is 18.7. The van der Waals surface area contributed by atoms with Gasteiger partial charge in [0.05, 0.1) is 5.52 Å². The van der Waals surface area contributed by atoms with Crippen molar-refractivity contribution in [1.29, 1.82) is 0 Å². The number of carbonyl (C=O) groups excluding carboxylic acids is 2. The zero-order chi connectivity index (χ0) is 20.5. The maximum absolute atomic E-state index is 12.6. The second-order valence-electron chi connectivity index (χ2n) is 7.17. The van der Waals surface area contributed by atoms with Gasteiger partial charge in [0.25, 0.3) is 0 Å². The number of nitrogens with one attached hydrogen (secondary N) is 2. The molecule has 0 saturated carbocycles. The van der Waals surface area contributed by atoms with E-state index in [1.165, 1.54) is 6.07 Å². The van der Waals surface area contributed by atoms with Crippen molar-refractivity contribution >= 4 is 34.4 Å². The molecule has 0 spiro atoms. The maximum atomic E-state index is 12.6. The number of hydrogen-bond acceptors (Lipinski definition) is 6. The Bertz CT molecular complexity index is 1120. The summed E-state index contributed by atoms with van der Waals surface area (Å²) in [7, 11) is 0. The third-order valence-electron chi connectivity index (χ3n) is 4.98. The lowest BCUT2D eigenvalue weighted by atomic mass is 10.1. The number of rotatable bonds is 2. The summed E-state index contributed by atoms with van der Waals surface area (Å²) in [6.45, 7) is 5.43. The van der Waals surface area contributed by atoms with E-state index in [9.17, 15) is 14.4 Å². The number of piperazine rings is 1. The van der Waals surface area contributed by atoms with Gasteiger partial charge in [-0.1, -0.05) is 6.07 Å². The Kier molecular flexibility index (Phi) is 4.79. The first-order chi connectivity index (χ1) is 13.9. The third kappa shape index (κ3) is 3.84. The van der Waals surface area contributed by atoms with Crippen molar-refractivity contribution in [1.82, 2.24) is 14.9 Å². The van der Waals surface area contributed by atoms with Crippen LogP contribution >= 0.6 is 0 Å². The monoisotopic (exact) mass is 395 g/mol. The van der Waals surface area contributed by atoms with E-state index in [0.29, 0.717) is 36.4 Å². The van der Waals surface area contributed by atoms with Gasteiger partial charge >= 0.3 is 17.6 Å². The van der Waals surface area contributed by atoms with Gasteiger partial charge in [0.2, 0.25) is 0 Å². The number of amides is 2. The third-order valence-corrected chi connectivity index (χ3v) is 4.98. The SMILES string of the molecule is Cc1ccc(N2CCN(C(=O)C(=O)Nc3ccc4[nH]c(=O)oc4c3)CC2C)nc1. The molecule has 1 aliphatic rings. The lowest BCUT2D eigenvalue weighted by molar-refractivity contribution is -0.143. The van der Waals surface area contributed by atoms with Crippen molar-refractivity contribution in [3.05, 3.63) is 52.6 Å². The minimum Gasteiger partial charge on any atom is -0.408 e. The molecule has 1 aromatic carbocycles. The second-order valence-corrected chi connectivity index (χ2v) is 7.17. The van der Waals surface area contributed by atoms with Crippen LogP contribution in [0.4, 0.5) is 11.5 Å². The zero-order valence-electron chi connectivity index (χ0n) is 16.1. The van der Waals surface area contributed by atoms with Gasteiger partial charge in [-0.3, -0.25) is 14.6 Å². The number of hydrogen-bond donors (Lipinski definition) is 2. The number of aryl methyl sites for hydroxylation is 1. The normalized spacial score (nSPS) is 16.8. The van der Waals surface area contributed by atoms with Crippen LogP contribution in [0.5, 0.6) is 0 Å². The second kappa shape index (κ2) is 7.42. The number of aromatic nitrogens is 2. The average molecular weight is 395 g/mol. The van der Waals surface area contributed by atoms with Crippen molar-refractivity contribution in [2.75, 3.05) is 29.9 Å². The highest BCUT2D eigenvalue weighted by Gasteiger charge is 2.30. The molecule has 1 aliphatic heterocycles. The zero-order valence-corrected chi connectivity index (χ0v) is 16.1. The van der Waals surface area contributed by atoms with Crippen molar-refractivity contribution in [3.8, 4) is 0 Å². The lowest BCUT2D eigenvalue weighted by Gasteiger charge is -2.40. The summed E-state index contributed by atoms with van der Waals surface area (Å²) in [6.07, 6.45) is 1.82. The highest BCUT2D eigenvalue weighted by atomic mass is 16.4. The minimum absolute atomic E-state index is 0.0289. The highest BCUT2D eigenvalue weighted by Crippen LogP contribution is 2.20. The predicted molar refractivity (Wildman–Crippen MR) is 108 cm³/mol. The van der Waals surface area contributed by atoms with Crippen LogP contribution < -0.4 is 16.0 Å². The molecular formula is C20H21N5O4. The van der Waals surface area contributed by atoms with E-state index >= 15 is 0 Å². The Morgan fingerprint density at radius 3 is 2.79 bits per heavy atom. The van der Waals surface area contributed by atoms with Crippen LogP contribution in [0.15, 0.2) is 45.7 Å². The molecule has 1 atom stereocenters. The number of fused-ring (bicyclic) bond motifs is 1. The van der Waals surface area contributed by atoms with E-state index in [4.69, 9.17) is 4.42 Å². The largest absolute Gasteiger partial charge is 0.417 e. The Morgan fingerprint density at radius 2 is 2.07 bits per heavy atom. The Hall–Kier alpha value is -3.62. The van der Waals surface area contributed by atoms with Gasteiger partial charge in [0.15, 0.2) is 5.58 Å². The van der Waals surface area contributed by atoms with E-state index in [-0.39, 0.29) is 6.04 Å². The number of nitrogens with zero attached hydrogens (tertiary/aromatic N) is 3. The van der Waals surface area contributed by atoms with Gasteiger partial charge in [-0.15, -0.1) is 0 Å². The summed E-state index contributed by atoms with van der Waals surface area (Å²) in [6, 6.07) is 8.70. The van der Waals surface area contributed by atoms with Gasteiger partial charge < -0.3 is 19.5 Å².